The predicted octanol–water partition coefficient (Wildman–Crippen LogP) is 3.43. The van der Waals surface area contributed by atoms with Crippen LogP contribution in [0.2, 0.25) is 0 Å². The largest absolute Gasteiger partial charge is 0.106 e. The maximum absolute atomic E-state index is 3.12. The van der Waals surface area contributed by atoms with Crippen LogP contribution in [0.5, 0.6) is 0 Å². The van der Waals surface area contributed by atoms with Crippen LogP contribution in [0, 0.1) is 36.0 Å². The summed E-state index contributed by atoms with van der Waals surface area (Å²) in [7, 11) is 0. The average Bonchev–Trinajstić information content (AvgIpc) is 2.16. The van der Waals surface area contributed by atoms with Crippen LogP contribution >= 0.6 is 0 Å². The fraction of sp³-hybridized carbons (Fsp3) is 0.615. The zero-order chi connectivity index (χ0) is 9.94. The summed E-state index contributed by atoms with van der Waals surface area (Å²) in [6.07, 6.45) is 6.29. The SMILES string of the molecule is CCCCC#C[CH]C#CC(C)CC. The van der Waals surface area contributed by atoms with Gasteiger partial charge in [0.1, 0.15) is 6.42 Å². The van der Waals surface area contributed by atoms with Gasteiger partial charge in [0.2, 0.25) is 0 Å². The highest BCUT2D eigenvalue weighted by atomic mass is 13.9. The van der Waals surface area contributed by atoms with Crippen LogP contribution in [0.3, 0.4) is 0 Å². The van der Waals surface area contributed by atoms with Gasteiger partial charge in [-0.15, -0.1) is 5.92 Å². The monoisotopic (exact) mass is 175 g/mol. The highest BCUT2D eigenvalue weighted by Crippen LogP contribution is 1.96. The lowest BCUT2D eigenvalue weighted by Crippen LogP contribution is -1.84. The number of unbranched alkanes of at least 4 members (excludes halogenated alkanes) is 2. The van der Waals surface area contributed by atoms with Crippen LogP contribution in [0.25, 0.3) is 0 Å². The Kier molecular flexibility index (Phi) is 8.59. The first-order chi connectivity index (χ1) is 6.31. The minimum atomic E-state index is 0.494. The summed E-state index contributed by atoms with van der Waals surface area (Å²) in [6, 6.07) is 0. The lowest BCUT2D eigenvalue weighted by Gasteiger charge is -1.92. The second kappa shape index (κ2) is 9.21. The highest BCUT2D eigenvalue weighted by molar-refractivity contribution is 5.26. The average molecular weight is 175 g/mol. The molecular formula is C13H19. The highest BCUT2D eigenvalue weighted by Gasteiger charge is 1.87. The molecule has 1 radical (unpaired) electrons. The van der Waals surface area contributed by atoms with Crippen LogP contribution in [0.1, 0.15) is 46.5 Å². The first-order valence-electron chi connectivity index (χ1n) is 5.12. The van der Waals surface area contributed by atoms with Gasteiger partial charge in [0, 0.05) is 12.3 Å². The fourth-order valence-corrected chi connectivity index (χ4v) is 0.710. The second-order valence-electron chi connectivity index (χ2n) is 3.17. The molecule has 0 aromatic rings. The summed E-state index contributed by atoms with van der Waals surface area (Å²) >= 11 is 0. The minimum absolute atomic E-state index is 0.494. The fourth-order valence-electron chi connectivity index (χ4n) is 0.710. The molecule has 0 aliphatic heterocycles. The maximum Gasteiger partial charge on any atom is 0.106 e. The molecule has 71 valence electrons. The second-order valence-corrected chi connectivity index (χ2v) is 3.17. The Bertz CT molecular complexity index is 216. The van der Waals surface area contributed by atoms with E-state index in [2.05, 4.69) is 44.5 Å². The third-order valence-electron chi connectivity index (χ3n) is 1.84. The quantitative estimate of drug-likeness (QED) is 0.455. The van der Waals surface area contributed by atoms with Gasteiger partial charge in [-0.3, -0.25) is 0 Å². The topological polar surface area (TPSA) is 0 Å². The lowest BCUT2D eigenvalue weighted by atomic mass is 10.1. The van der Waals surface area contributed by atoms with E-state index in [1.54, 1.807) is 6.42 Å². The van der Waals surface area contributed by atoms with Gasteiger partial charge in [0.25, 0.3) is 0 Å². The molecule has 0 aliphatic rings. The van der Waals surface area contributed by atoms with E-state index >= 15 is 0 Å². The predicted molar refractivity (Wildman–Crippen MR) is 58.8 cm³/mol. The molecule has 0 rings (SSSR count). The number of hydrogen-bond acceptors (Lipinski definition) is 0. The number of rotatable bonds is 3. The van der Waals surface area contributed by atoms with Crippen molar-refractivity contribution in [3.63, 3.8) is 0 Å². The van der Waals surface area contributed by atoms with E-state index in [-0.39, 0.29) is 0 Å². The van der Waals surface area contributed by atoms with E-state index in [1.807, 2.05) is 0 Å². The first kappa shape index (κ1) is 12.1. The molecule has 0 aromatic heterocycles. The minimum Gasteiger partial charge on any atom is -0.102 e. The Balaban J connectivity index is 3.49. The van der Waals surface area contributed by atoms with Crippen molar-refractivity contribution in [3.05, 3.63) is 6.42 Å². The summed E-state index contributed by atoms with van der Waals surface area (Å²) in [5, 5.41) is 0. The smallest absolute Gasteiger partial charge is 0.102 e. The van der Waals surface area contributed by atoms with Gasteiger partial charge in [-0.05, 0) is 12.8 Å². The van der Waals surface area contributed by atoms with Crippen molar-refractivity contribution in [2.24, 2.45) is 5.92 Å². The molecule has 0 heteroatoms. The van der Waals surface area contributed by atoms with Crippen LogP contribution in [-0.4, -0.2) is 0 Å². The maximum atomic E-state index is 3.12. The Morgan fingerprint density at radius 2 is 2.00 bits per heavy atom. The molecule has 1 unspecified atom stereocenters. The first-order valence-corrected chi connectivity index (χ1v) is 5.12. The Morgan fingerprint density at radius 1 is 1.23 bits per heavy atom. The summed E-state index contributed by atoms with van der Waals surface area (Å²) in [5.74, 6) is 12.6. The molecule has 0 spiro atoms. The van der Waals surface area contributed by atoms with Crippen molar-refractivity contribution in [1.82, 2.24) is 0 Å². The third kappa shape index (κ3) is 9.03. The molecular weight excluding hydrogens is 156 g/mol. The van der Waals surface area contributed by atoms with Crippen molar-refractivity contribution in [1.29, 1.82) is 0 Å². The van der Waals surface area contributed by atoms with E-state index < -0.39 is 0 Å². The Hall–Kier alpha value is -0.880. The van der Waals surface area contributed by atoms with Crippen molar-refractivity contribution in [3.8, 4) is 23.7 Å². The van der Waals surface area contributed by atoms with Gasteiger partial charge >= 0.3 is 0 Å². The van der Waals surface area contributed by atoms with Crippen molar-refractivity contribution < 1.29 is 0 Å². The van der Waals surface area contributed by atoms with Gasteiger partial charge in [0.15, 0.2) is 0 Å². The molecule has 0 N–H and O–H groups in total. The molecule has 0 amide bonds. The molecule has 0 aliphatic carbocycles. The molecule has 0 bridgehead atoms. The summed E-state index contributed by atoms with van der Waals surface area (Å²) in [4.78, 5) is 0. The molecule has 0 heterocycles. The van der Waals surface area contributed by atoms with E-state index in [4.69, 9.17) is 0 Å². The van der Waals surface area contributed by atoms with Crippen molar-refractivity contribution >= 4 is 0 Å². The Morgan fingerprint density at radius 3 is 2.62 bits per heavy atom. The summed E-state index contributed by atoms with van der Waals surface area (Å²) in [6.45, 7) is 6.45. The van der Waals surface area contributed by atoms with E-state index in [0.717, 1.165) is 12.8 Å². The van der Waals surface area contributed by atoms with Gasteiger partial charge in [0.05, 0.1) is 0 Å². The molecule has 13 heavy (non-hydrogen) atoms. The summed E-state index contributed by atoms with van der Waals surface area (Å²) < 4.78 is 0. The van der Waals surface area contributed by atoms with E-state index in [0.29, 0.717) is 5.92 Å². The van der Waals surface area contributed by atoms with E-state index in [1.165, 1.54) is 12.8 Å². The van der Waals surface area contributed by atoms with Gasteiger partial charge < -0.3 is 0 Å². The zero-order valence-corrected chi connectivity index (χ0v) is 8.98. The van der Waals surface area contributed by atoms with Crippen LogP contribution in [0.4, 0.5) is 0 Å². The third-order valence-corrected chi connectivity index (χ3v) is 1.84. The van der Waals surface area contributed by atoms with Crippen LogP contribution in [-0.2, 0) is 0 Å². The van der Waals surface area contributed by atoms with Gasteiger partial charge in [-0.25, -0.2) is 0 Å². The Labute approximate surface area is 83.1 Å². The molecule has 1 atom stereocenters. The van der Waals surface area contributed by atoms with Gasteiger partial charge in [-0.2, -0.15) is 0 Å². The standard InChI is InChI=1S/C13H19/c1-4-6-7-8-9-10-11-12-13(3)5-2/h10,13H,4-7H2,1-3H3. The van der Waals surface area contributed by atoms with Crippen molar-refractivity contribution in [2.75, 3.05) is 0 Å². The van der Waals surface area contributed by atoms with Crippen LogP contribution < -0.4 is 0 Å². The lowest BCUT2D eigenvalue weighted by molar-refractivity contribution is 0.723. The normalized spacial score (nSPS) is 10.7. The van der Waals surface area contributed by atoms with Gasteiger partial charge in [-0.1, -0.05) is 45.0 Å². The number of hydrogen-bond donors (Lipinski definition) is 0. The molecule has 0 saturated carbocycles. The van der Waals surface area contributed by atoms with Crippen molar-refractivity contribution in [2.45, 2.75) is 46.5 Å². The van der Waals surface area contributed by atoms with E-state index in [9.17, 15) is 0 Å². The van der Waals surface area contributed by atoms with Crippen LogP contribution in [0.15, 0.2) is 0 Å². The molecule has 0 saturated heterocycles. The zero-order valence-electron chi connectivity index (χ0n) is 8.98. The molecule has 0 aromatic carbocycles. The summed E-state index contributed by atoms with van der Waals surface area (Å²) in [5.41, 5.74) is 0. The molecule has 0 fully saturated rings. The molecule has 0 nitrogen and oxygen atoms in total.